The third kappa shape index (κ3) is 7.42. The van der Waals surface area contributed by atoms with Gasteiger partial charge in [0.15, 0.2) is 0 Å². The van der Waals surface area contributed by atoms with E-state index in [1.807, 2.05) is 36.4 Å². The van der Waals surface area contributed by atoms with E-state index in [4.69, 9.17) is 24.9 Å². The van der Waals surface area contributed by atoms with Crippen molar-refractivity contribution in [2.75, 3.05) is 52.9 Å². The van der Waals surface area contributed by atoms with Crippen LogP contribution in [0.4, 0.5) is 0 Å². The lowest BCUT2D eigenvalue weighted by Gasteiger charge is -2.45. The van der Waals surface area contributed by atoms with Crippen molar-refractivity contribution in [2.45, 2.75) is 25.8 Å². The van der Waals surface area contributed by atoms with Crippen LogP contribution in [0.15, 0.2) is 60.7 Å². The van der Waals surface area contributed by atoms with Gasteiger partial charge < -0.3 is 40.2 Å². The lowest BCUT2D eigenvalue weighted by atomic mass is 9.93. The highest BCUT2D eigenvalue weighted by molar-refractivity contribution is 6.99. The Morgan fingerprint density at radius 2 is 0.857 bits per heavy atom. The maximum atomic E-state index is 9.73. The van der Waals surface area contributed by atoms with Crippen LogP contribution in [0, 0.1) is 10.8 Å². The number of rotatable bonds is 12. The van der Waals surface area contributed by atoms with E-state index in [1.54, 1.807) is 0 Å². The molecular weight excluding hydrogens is 468 g/mol. The first-order valence-electron chi connectivity index (χ1n) is 11.6. The van der Waals surface area contributed by atoms with Gasteiger partial charge in [-0.15, -0.1) is 0 Å². The zero-order valence-electron chi connectivity index (χ0n) is 21.0. The minimum Gasteiger partial charge on any atom is -0.407 e. The minimum atomic E-state index is -2.74. The number of hydrogen-bond acceptors (Lipinski definition) is 8. The molecule has 9 heteroatoms. The zero-order valence-corrected chi connectivity index (χ0v) is 22.0. The van der Waals surface area contributed by atoms with Gasteiger partial charge in [0.25, 0.3) is 8.32 Å². The van der Waals surface area contributed by atoms with E-state index in [0.29, 0.717) is 0 Å². The summed E-state index contributed by atoms with van der Waals surface area (Å²) in [6.45, 7) is 3.95. The summed E-state index contributed by atoms with van der Waals surface area (Å²) in [5.41, 5.74) is -2.17. The zero-order chi connectivity index (χ0) is 26.6. The summed E-state index contributed by atoms with van der Waals surface area (Å²) >= 11 is 0. The lowest BCUT2D eigenvalue weighted by Crippen LogP contribution is -2.67. The Bertz CT molecular complexity index is 753. The molecule has 0 saturated heterocycles. The van der Waals surface area contributed by atoms with E-state index in [-0.39, 0.29) is 31.5 Å². The van der Waals surface area contributed by atoms with Crippen molar-refractivity contribution in [3.63, 3.8) is 0 Å². The first kappa shape index (κ1) is 31.4. The highest BCUT2D eigenvalue weighted by atomic mass is 28.4. The monoisotopic (exact) mass is 510 g/mol. The Balaban J connectivity index is 0.000000579. The molecule has 0 unspecified atom stereocenters. The highest BCUT2D eigenvalue weighted by Gasteiger charge is 2.51. The largest absolute Gasteiger partial charge is 0.407 e. The van der Waals surface area contributed by atoms with Gasteiger partial charge in [-0.05, 0) is 15.4 Å². The van der Waals surface area contributed by atoms with Gasteiger partial charge in [0.1, 0.15) is 0 Å². The number of hydrogen-bond donors (Lipinski definition) is 7. The highest BCUT2D eigenvalue weighted by Crippen LogP contribution is 2.37. The van der Waals surface area contributed by atoms with E-state index in [1.165, 1.54) is 0 Å². The van der Waals surface area contributed by atoms with Gasteiger partial charge in [0.2, 0.25) is 0 Å². The molecule has 0 aromatic heterocycles. The molecule has 0 aliphatic heterocycles. The van der Waals surface area contributed by atoms with E-state index < -0.39 is 45.6 Å². The Labute approximate surface area is 209 Å². The van der Waals surface area contributed by atoms with Gasteiger partial charge in [0.05, 0.1) is 57.1 Å². The summed E-state index contributed by atoms with van der Waals surface area (Å²) in [6.07, 6.45) is 0. The predicted molar refractivity (Wildman–Crippen MR) is 138 cm³/mol. The molecule has 2 rings (SSSR count). The third-order valence-electron chi connectivity index (χ3n) is 6.36. The average Bonchev–Trinajstić information content (AvgIpc) is 2.90. The molecular formula is C26H42O8Si. The van der Waals surface area contributed by atoms with E-state index in [0.717, 1.165) is 10.4 Å². The van der Waals surface area contributed by atoms with E-state index >= 15 is 0 Å². The summed E-state index contributed by atoms with van der Waals surface area (Å²) in [5, 5.41) is 65.2. The topological polar surface area (TPSA) is 151 Å². The standard InChI is InChI=1S/C21H30O4Si.C5H12O4/c1-20(2,3)26(18-10-6-4-7-11-18,19-12-8-5-9-13-19)25-17-21(14-22,15-23)16-24;6-1-5(2-7,3-8)4-9/h4-13,22-24H,14-17H2,1-3H3;6-9H,1-4H2. The molecule has 0 radical (unpaired) electrons. The molecule has 0 amide bonds. The quantitative estimate of drug-likeness (QED) is 0.188. The molecule has 0 saturated carbocycles. The van der Waals surface area contributed by atoms with Crippen LogP contribution in [0.2, 0.25) is 5.04 Å². The minimum absolute atomic E-state index is 0.0871. The summed E-state index contributed by atoms with van der Waals surface area (Å²) in [6, 6.07) is 20.3. The molecule has 7 N–H and O–H groups in total. The van der Waals surface area contributed by atoms with Crippen molar-refractivity contribution >= 4 is 18.7 Å². The van der Waals surface area contributed by atoms with Gasteiger partial charge in [-0.2, -0.15) is 0 Å². The number of aliphatic hydroxyl groups excluding tert-OH is 7. The van der Waals surface area contributed by atoms with Crippen LogP contribution >= 0.6 is 0 Å². The molecule has 0 heterocycles. The van der Waals surface area contributed by atoms with Crippen molar-refractivity contribution in [1.29, 1.82) is 0 Å². The van der Waals surface area contributed by atoms with Crippen molar-refractivity contribution in [1.82, 2.24) is 0 Å². The van der Waals surface area contributed by atoms with Crippen LogP contribution in [-0.2, 0) is 4.43 Å². The Morgan fingerprint density at radius 3 is 1.09 bits per heavy atom. The van der Waals surface area contributed by atoms with Crippen LogP contribution in [0.3, 0.4) is 0 Å². The molecule has 2 aromatic carbocycles. The second kappa shape index (κ2) is 14.2. The van der Waals surface area contributed by atoms with Crippen molar-refractivity contribution in [3.05, 3.63) is 60.7 Å². The van der Waals surface area contributed by atoms with E-state index in [2.05, 4.69) is 45.0 Å². The van der Waals surface area contributed by atoms with Gasteiger partial charge in [-0.25, -0.2) is 0 Å². The van der Waals surface area contributed by atoms with E-state index in [9.17, 15) is 15.3 Å². The molecule has 0 bridgehead atoms. The number of aliphatic hydroxyl groups is 7. The van der Waals surface area contributed by atoms with Gasteiger partial charge >= 0.3 is 0 Å². The predicted octanol–water partition coefficient (Wildman–Crippen LogP) is -0.532. The first-order valence-corrected chi connectivity index (χ1v) is 13.5. The second-order valence-corrected chi connectivity index (χ2v) is 14.4. The summed E-state index contributed by atoms with van der Waals surface area (Å²) < 4.78 is 6.66. The van der Waals surface area contributed by atoms with Crippen molar-refractivity contribution in [3.8, 4) is 0 Å². The summed E-state index contributed by atoms with van der Waals surface area (Å²) in [4.78, 5) is 0. The fourth-order valence-electron chi connectivity index (χ4n) is 3.61. The Morgan fingerprint density at radius 1 is 0.543 bits per heavy atom. The lowest BCUT2D eigenvalue weighted by molar-refractivity contribution is -0.0328. The summed E-state index contributed by atoms with van der Waals surface area (Å²) in [5.74, 6) is 0. The Hall–Kier alpha value is -1.66. The van der Waals surface area contributed by atoms with Crippen LogP contribution in [0.5, 0.6) is 0 Å². The molecule has 0 fully saturated rings. The van der Waals surface area contributed by atoms with Crippen LogP contribution in [0.25, 0.3) is 0 Å². The molecule has 0 aliphatic rings. The molecule has 0 spiro atoms. The fourth-order valence-corrected chi connectivity index (χ4v) is 8.29. The maximum Gasteiger partial charge on any atom is 0.261 e. The molecule has 0 aliphatic carbocycles. The van der Waals surface area contributed by atoms with Crippen LogP contribution in [0.1, 0.15) is 20.8 Å². The van der Waals surface area contributed by atoms with Crippen molar-refractivity contribution in [2.24, 2.45) is 10.8 Å². The first-order chi connectivity index (χ1) is 16.6. The fraction of sp³-hybridized carbons (Fsp3) is 0.538. The number of benzene rings is 2. The molecule has 0 atom stereocenters. The van der Waals surface area contributed by atoms with Crippen LogP contribution < -0.4 is 10.4 Å². The van der Waals surface area contributed by atoms with Gasteiger partial charge in [0, 0.05) is 6.61 Å². The van der Waals surface area contributed by atoms with Gasteiger partial charge in [-0.3, -0.25) is 0 Å². The molecule has 35 heavy (non-hydrogen) atoms. The van der Waals surface area contributed by atoms with Crippen molar-refractivity contribution < 1.29 is 40.2 Å². The third-order valence-corrected chi connectivity index (χ3v) is 11.3. The Kier molecular flexibility index (Phi) is 12.7. The smallest absolute Gasteiger partial charge is 0.261 e. The molecule has 8 nitrogen and oxygen atoms in total. The summed E-state index contributed by atoms with van der Waals surface area (Å²) in [7, 11) is -2.74. The van der Waals surface area contributed by atoms with Gasteiger partial charge in [-0.1, -0.05) is 81.4 Å². The second-order valence-electron chi connectivity index (χ2n) is 10.1. The van der Waals surface area contributed by atoms with Crippen LogP contribution in [-0.4, -0.2) is 96.9 Å². The normalized spacial score (nSPS) is 12.7. The average molecular weight is 511 g/mol. The molecule has 198 valence electrons. The maximum absolute atomic E-state index is 9.73. The SMILES string of the molecule is CC(C)(C)[Si](OCC(CO)(CO)CO)(c1ccccc1)c1ccccc1.OCC(CO)(CO)CO. The molecule has 2 aromatic rings.